The van der Waals surface area contributed by atoms with Crippen LogP contribution in [0.3, 0.4) is 0 Å². The second-order valence-electron chi connectivity index (χ2n) is 5.37. The van der Waals surface area contributed by atoms with Crippen LogP contribution in [0.1, 0.15) is 40.3 Å². The van der Waals surface area contributed by atoms with E-state index >= 15 is 0 Å². The van der Waals surface area contributed by atoms with Crippen molar-refractivity contribution in [2.24, 2.45) is 5.92 Å². The first kappa shape index (κ1) is 14.7. The van der Waals surface area contributed by atoms with Gasteiger partial charge in [0, 0.05) is 12.0 Å². The van der Waals surface area contributed by atoms with Crippen molar-refractivity contribution in [2.75, 3.05) is 5.32 Å². The number of anilines is 1. The summed E-state index contributed by atoms with van der Waals surface area (Å²) in [5.41, 5.74) is 2.71. The number of aryl methyl sites for hydroxylation is 2. The lowest BCUT2D eigenvalue weighted by atomic mass is 10.1. The van der Waals surface area contributed by atoms with Gasteiger partial charge < -0.3 is 0 Å². The molecule has 1 aromatic carbocycles. The first-order valence-corrected chi connectivity index (χ1v) is 7.48. The van der Waals surface area contributed by atoms with Crippen molar-refractivity contribution in [3.8, 4) is 0 Å². The fourth-order valence-electron chi connectivity index (χ4n) is 1.88. The Hall–Kier alpha value is -1.75. The van der Waals surface area contributed by atoms with E-state index in [0.29, 0.717) is 16.6 Å². The van der Waals surface area contributed by atoms with E-state index in [9.17, 15) is 4.79 Å². The van der Waals surface area contributed by atoms with Gasteiger partial charge in [-0.05, 0) is 31.4 Å². The average molecular weight is 289 g/mol. The van der Waals surface area contributed by atoms with Crippen molar-refractivity contribution in [2.45, 2.75) is 34.1 Å². The van der Waals surface area contributed by atoms with E-state index in [1.165, 1.54) is 11.3 Å². The molecule has 4 nitrogen and oxygen atoms in total. The van der Waals surface area contributed by atoms with Gasteiger partial charge in [0.15, 0.2) is 0 Å². The number of rotatable bonds is 4. The summed E-state index contributed by atoms with van der Waals surface area (Å²) in [6.07, 6.45) is 0.886. The van der Waals surface area contributed by atoms with Gasteiger partial charge in [-0.15, -0.1) is 10.2 Å². The molecular weight excluding hydrogens is 270 g/mol. The first-order chi connectivity index (χ1) is 9.45. The standard InChI is InChI=1S/C15H19N3OS/c1-9(2)7-13-17-18-15(20-13)16-14(19)12-8-10(3)5-6-11(12)4/h5-6,8-9H,7H2,1-4H3,(H,16,18,19). The Labute approximate surface area is 123 Å². The summed E-state index contributed by atoms with van der Waals surface area (Å²) in [6, 6.07) is 5.84. The zero-order valence-corrected chi connectivity index (χ0v) is 13.0. The van der Waals surface area contributed by atoms with Gasteiger partial charge in [-0.2, -0.15) is 0 Å². The van der Waals surface area contributed by atoms with E-state index in [0.717, 1.165) is 22.6 Å². The minimum absolute atomic E-state index is 0.126. The molecule has 0 aliphatic heterocycles. The molecule has 20 heavy (non-hydrogen) atoms. The number of carbonyl (C=O) groups excluding carboxylic acids is 1. The van der Waals surface area contributed by atoms with Crippen LogP contribution in [0.2, 0.25) is 0 Å². The molecule has 1 amide bonds. The molecular formula is C15H19N3OS. The zero-order valence-electron chi connectivity index (χ0n) is 12.2. The highest BCUT2D eigenvalue weighted by Crippen LogP contribution is 2.20. The van der Waals surface area contributed by atoms with Crippen molar-refractivity contribution in [3.05, 3.63) is 39.9 Å². The maximum Gasteiger partial charge on any atom is 0.257 e. The smallest absolute Gasteiger partial charge is 0.257 e. The summed E-state index contributed by atoms with van der Waals surface area (Å²) in [7, 11) is 0. The summed E-state index contributed by atoms with van der Waals surface area (Å²) < 4.78 is 0. The Morgan fingerprint density at radius 2 is 2.05 bits per heavy atom. The predicted molar refractivity (Wildman–Crippen MR) is 82.3 cm³/mol. The molecule has 1 N–H and O–H groups in total. The predicted octanol–water partition coefficient (Wildman–Crippen LogP) is 3.61. The number of hydrogen-bond acceptors (Lipinski definition) is 4. The first-order valence-electron chi connectivity index (χ1n) is 6.66. The van der Waals surface area contributed by atoms with Crippen molar-refractivity contribution in [1.82, 2.24) is 10.2 Å². The fraction of sp³-hybridized carbons (Fsp3) is 0.400. The molecule has 0 saturated carbocycles. The lowest BCUT2D eigenvalue weighted by molar-refractivity contribution is 0.102. The molecule has 0 unspecified atom stereocenters. The summed E-state index contributed by atoms with van der Waals surface area (Å²) in [5.74, 6) is 0.406. The minimum Gasteiger partial charge on any atom is -0.296 e. The molecule has 0 aliphatic carbocycles. The maximum absolute atomic E-state index is 12.2. The molecule has 0 saturated heterocycles. The molecule has 2 aromatic rings. The lowest BCUT2D eigenvalue weighted by Gasteiger charge is -2.06. The summed E-state index contributed by atoms with van der Waals surface area (Å²) in [4.78, 5) is 12.2. The molecule has 0 aliphatic rings. The van der Waals surface area contributed by atoms with E-state index in [1.807, 2.05) is 32.0 Å². The van der Waals surface area contributed by atoms with E-state index in [-0.39, 0.29) is 5.91 Å². The van der Waals surface area contributed by atoms with Gasteiger partial charge in [-0.3, -0.25) is 10.1 Å². The molecule has 0 atom stereocenters. The van der Waals surface area contributed by atoms with Gasteiger partial charge in [0.1, 0.15) is 5.01 Å². The van der Waals surface area contributed by atoms with Crippen LogP contribution in [-0.4, -0.2) is 16.1 Å². The van der Waals surface area contributed by atoms with Crippen LogP contribution in [0, 0.1) is 19.8 Å². The lowest BCUT2D eigenvalue weighted by Crippen LogP contribution is -2.13. The Bertz CT molecular complexity index is 619. The minimum atomic E-state index is -0.126. The zero-order chi connectivity index (χ0) is 14.7. The highest BCUT2D eigenvalue weighted by atomic mass is 32.1. The number of carbonyl (C=O) groups is 1. The number of benzene rings is 1. The molecule has 1 heterocycles. The van der Waals surface area contributed by atoms with Crippen molar-refractivity contribution in [3.63, 3.8) is 0 Å². The van der Waals surface area contributed by atoms with Crippen molar-refractivity contribution >= 4 is 22.4 Å². The van der Waals surface area contributed by atoms with E-state index in [2.05, 4.69) is 29.4 Å². The largest absolute Gasteiger partial charge is 0.296 e. The second kappa shape index (κ2) is 6.13. The molecule has 0 bridgehead atoms. The normalized spacial score (nSPS) is 10.8. The van der Waals surface area contributed by atoms with Crippen molar-refractivity contribution in [1.29, 1.82) is 0 Å². The molecule has 1 aromatic heterocycles. The van der Waals surface area contributed by atoms with Crippen LogP contribution in [0.15, 0.2) is 18.2 Å². The molecule has 0 radical (unpaired) electrons. The van der Waals surface area contributed by atoms with Gasteiger partial charge in [-0.1, -0.05) is 42.9 Å². The van der Waals surface area contributed by atoms with E-state index < -0.39 is 0 Å². The molecule has 0 fully saturated rings. The Morgan fingerprint density at radius 1 is 1.30 bits per heavy atom. The van der Waals surface area contributed by atoms with Gasteiger partial charge in [0.25, 0.3) is 5.91 Å². The fourth-order valence-corrected chi connectivity index (χ4v) is 2.83. The van der Waals surface area contributed by atoms with Crippen LogP contribution in [-0.2, 0) is 6.42 Å². The molecule has 106 valence electrons. The van der Waals surface area contributed by atoms with Gasteiger partial charge in [0.2, 0.25) is 5.13 Å². The topological polar surface area (TPSA) is 54.9 Å². The average Bonchev–Trinajstić information content (AvgIpc) is 2.78. The highest BCUT2D eigenvalue weighted by molar-refractivity contribution is 7.15. The number of hydrogen-bond donors (Lipinski definition) is 1. The van der Waals surface area contributed by atoms with Gasteiger partial charge in [0.05, 0.1) is 0 Å². The van der Waals surface area contributed by atoms with Crippen LogP contribution >= 0.6 is 11.3 Å². The maximum atomic E-state index is 12.2. The number of aromatic nitrogens is 2. The third-order valence-corrected chi connectivity index (χ3v) is 3.77. The number of amides is 1. The third-order valence-electron chi connectivity index (χ3n) is 2.91. The Kier molecular flexibility index (Phi) is 4.49. The second-order valence-corrected chi connectivity index (χ2v) is 6.43. The Balaban J connectivity index is 2.11. The number of nitrogens with one attached hydrogen (secondary N) is 1. The van der Waals surface area contributed by atoms with Crippen LogP contribution in [0.5, 0.6) is 0 Å². The quantitative estimate of drug-likeness (QED) is 0.935. The monoisotopic (exact) mass is 289 g/mol. The molecule has 0 spiro atoms. The summed E-state index contributed by atoms with van der Waals surface area (Å²) >= 11 is 1.44. The SMILES string of the molecule is Cc1ccc(C)c(C(=O)Nc2nnc(CC(C)C)s2)c1. The van der Waals surface area contributed by atoms with E-state index in [4.69, 9.17) is 0 Å². The highest BCUT2D eigenvalue weighted by Gasteiger charge is 2.13. The number of nitrogens with zero attached hydrogens (tertiary/aromatic N) is 2. The van der Waals surface area contributed by atoms with Crippen molar-refractivity contribution < 1.29 is 4.79 Å². The summed E-state index contributed by atoms with van der Waals surface area (Å²) in [6.45, 7) is 8.17. The van der Waals surface area contributed by atoms with Gasteiger partial charge in [-0.25, -0.2) is 0 Å². The van der Waals surface area contributed by atoms with Gasteiger partial charge >= 0.3 is 0 Å². The summed E-state index contributed by atoms with van der Waals surface area (Å²) in [5, 5.41) is 12.5. The molecule has 5 heteroatoms. The third kappa shape index (κ3) is 3.63. The Morgan fingerprint density at radius 3 is 2.75 bits per heavy atom. The van der Waals surface area contributed by atoms with Crippen LogP contribution < -0.4 is 5.32 Å². The molecule has 2 rings (SSSR count). The van der Waals surface area contributed by atoms with E-state index in [1.54, 1.807) is 0 Å². The van der Waals surface area contributed by atoms with Crippen LogP contribution in [0.4, 0.5) is 5.13 Å². The van der Waals surface area contributed by atoms with Crippen LogP contribution in [0.25, 0.3) is 0 Å².